The van der Waals surface area contributed by atoms with Crippen LogP contribution >= 0.6 is 11.3 Å². The van der Waals surface area contributed by atoms with E-state index in [1.165, 1.54) is 13.0 Å². The van der Waals surface area contributed by atoms with E-state index in [9.17, 15) is 19.1 Å². The van der Waals surface area contributed by atoms with Crippen molar-refractivity contribution in [2.24, 2.45) is 0 Å². The summed E-state index contributed by atoms with van der Waals surface area (Å²) in [5.41, 5.74) is 3.78. The van der Waals surface area contributed by atoms with Gasteiger partial charge in [-0.1, -0.05) is 18.7 Å². The van der Waals surface area contributed by atoms with Gasteiger partial charge in [0, 0.05) is 23.2 Å². The van der Waals surface area contributed by atoms with Gasteiger partial charge in [-0.25, -0.2) is 9.37 Å². The summed E-state index contributed by atoms with van der Waals surface area (Å²) in [6, 6.07) is 16.8. The number of aromatic nitrogens is 2. The molecule has 4 N–H and O–H groups in total. The van der Waals surface area contributed by atoms with Crippen molar-refractivity contribution >= 4 is 45.8 Å². The van der Waals surface area contributed by atoms with Crippen molar-refractivity contribution in [2.45, 2.75) is 57.5 Å². The number of benzene rings is 2. The van der Waals surface area contributed by atoms with E-state index in [1.807, 2.05) is 28.8 Å². The topological polar surface area (TPSA) is 108 Å². The molecular formula is C30H32FN5O3S. The van der Waals surface area contributed by atoms with Crippen LogP contribution < -0.4 is 16.0 Å². The first-order valence-corrected chi connectivity index (χ1v) is 14.1. The average Bonchev–Trinajstić information content (AvgIpc) is 3.58. The van der Waals surface area contributed by atoms with Crippen molar-refractivity contribution in [2.75, 3.05) is 10.6 Å². The Morgan fingerprint density at radius 3 is 2.67 bits per heavy atom. The minimum atomic E-state index is -1.16. The Labute approximate surface area is 235 Å². The van der Waals surface area contributed by atoms with Gasteiger partial charge in [0.1, 0.15) is 6.17 Å². The molecule has 0 radical (unpaired) electrons. The third kappa shape index (κ3) is 6.30. The van der Waals surface area contributed by atoms with E-state index in [4.69, 9.17) is 4.98 Å². The molecule has 0 spiro atoms. The molecule has 1 atom stereocenters. The predicted octanol–water partition coefficient (Wildman–Crippen LogP) is 5.89. The SMILES string of the molecule is C=CC(=O)Nc1cccc(-n2c(NC(=O)c3ccc(C(C)F)s3)nc3cc(CNC4CCC(O)CC4)ccc32)c1. The van der Waals surface area contributed by atoms with Gasteiger partial charge < -0.3 is 15.7 Å². The van der Waals surface area contributed by atoms with Gasteiger partial charge in [-0.15, -0.1) is 11.3 Å². The highest BCUT2D eigenvalue weighted by atomic mass is 32.1. The predicted molar refractivity (Wildman–Crippen MR) is 157 cm³/mol. The number of anilines is 2. The highest BCUT2D eigenvalue weighted by Crippen LogP contribution is 2.30. The van der Waals surface area contributed by atoms with E-state index in [2.05, 4.69) is 22.5 Å². The van der Waals surface area contributed by atoms with Crippen molar-refractivity contribution in [3.8, 4) is 5.69 Å². The Bertz CT molecular complexity index is 1540. The molecule has 0 saturated heterocycles. The van der Waals surface area contributed by atoms with Gasteiger partial charge in [0.05, 0.1) is 27.7 Å². The zero-order chi connectivity index (χ0) is 28.2. The lowest BCUT2D eigenvalue weighted by Gasteiger charge is -2.26. The van der Waals surface area contributed by atoms with E-state index < -0.39 is 6.17 Å². The largest absolute Gasteiger partial charge is 0.393 e. The molecule has 2 amide bonds. The fourth-order valence-corrected chi connectivity index (χ4v) is 5.72. The third-order valence-corrected chi connectivity index (χ3v) is 8.27. The molecule has 1 aliphatic carbocycles. The zero-order valence-electron chi connectivity index (χ0n) is 22.2. The summed E-state index contributed by atoms with van der Waals surface area (Å²) in [6.45, 7) is 5.60. The van der Waals surface area contributed by atoms with Crippen molar-refractivity contribution < 1.29 is 19.1 Å². The number of thiophene rings is 1. The van der Waals surface area contributed by atoms with Gasteiger partial charge >= 0.3 is 0 Å². The van der Waals surface area contributed by atoms with Crippen LogP contribution in [0, 0.1) is 0 Å². The number of carbonyl (C=O) groups is 2. The number of hydrogen-bond donors (Lipinski definition) is 4. The van der Waals surface area contributed by atoms with Gasteiger partial charge in [0.15, 0.2) is 0 Å². The molecule has 5 rings (SSSR count). The molecule has 1 fully saturated rings. The zero-order valence-corrected chi connectivity index (χ0v) is 23.0. The quantitative estimate of drug-likeness (QED) is 0.191. The summed E-state index contributed by atoms with van der Waals surface area (Å²) in [4.78, 5) is 30.7. The van der Waals surface area contributed by atoms with Gasteiger partial charge in [-0.3, -0.25) is 19.5 Å². The number of aliphatic hydroxyl groups excluding tert-OH is 1. The maximum atomic E-state index is 13.8. The Balaban J connectivity index is 1.47. The molecule has 1 saturated carbocycles. The van der Waals surface area contributed by atoms with Gasteiger partial charge in [-0.2, -0.15) is 0 Å². The fourth-order valence-electron chi connectivity index (χ4n) is 4.89. The van der Waals surface area contributed by atoms with Gasteiger partial charge in [0.2, 0.25) is 11.9 Å². The van der Waals surface area contributed by atoms with Crippen LogP contribution in [0.1, 0.15) is 58.9 Å². The summed E-state index contributed by atoms with van der Waals surface area (Å²) in [5.74, 6) is -0.408. The second-order valence-corrected chi connectivity index (χ2v) is 11.1. The fraction of sp³-hybridized carbons (Fsp3) is 0.300. The minimum Gasteiger partial charge on any atom is -0.393 e. The Hall–Kier alpha value is -3.86. The molecule has 8 nitrogen and oxygen atoms in total. The van der Waals surface area contributed by atoms with Crippen molar-refractivity contribution in [3.05, 3.63) is 82.6 Å². The number of nitrogens with zero attached hydrogens (tertiary/aromatic N) is 2. The maximum Gasteiger partial charge on any atom is 0.268 e. The molecule has 40 heavy (non-hydrogen) atoms. The van der Waals surface area contributed by atoms with Crippen LogP contribution in [0.3, 0.4) is 0 Å². The van der Waals surface area contributed by atoms with Crippen molar-refractivity contribution in [1.29, 1.82) is 0 Å². The number of fused-ring (bicyclic) bond motifs is 1. The molecule has 2 aromatic heterocycles. The lowest BCUT2D eigenvalue weighted by atomic mass is 9.93. The van der Waals surface area contributed by atoms with Crippen LogP contribution in [0.2, 0.25) is 0 Å². The Morgan fingerprint density at radius 1 is 1.15 bits per heavy atom. The van der Waals surface area contributed by atoms with Crippen molar-refractivity contribution in [1.82, 2.24) is 14.9 Å². The molecule has 0 bridgehead atoms. The van der Waals surface area contributed by atoms with Crippen LogP contribution in [-0.4, -0.2) is 38.6 Å². The average molecular weight is 562 g/mol. The summed E-state index contributed by atoms with van der Waals surface area (Å²) in [7, 11) is 0. The van der Waals surface area contributed by atoms with E-state index in [1.54, 1.807) is 30.3 Å². The third-order valence-electron chi connectivity index (χ3n) is 7.04. The molecule has 4 aromatic rings. The van der Waals surface area contributed by atoms with Crippen molar-refractivity contribution in [3.63, 3.8) is 0 Å². The smallest absolute Gasteiger partial charge is 0.268 e. The molecule has 2 heterocycles. The summed E-state index contributed by atoms with van der Waals surface area (Å²) < 4.78 is 15.6. The highest BCUT2D eigenvalue weighted by molar-refractivity contribution is 7.14. The lowest BCUT2D eigenvalue weighted by molar-refractivity contribution is -0.111. The van der Waals surface area contributed by atoms with Crippen LogP contribution in [0.25, 0.3) is 16.7 Å². The molecule has 208 valence electrons. The molecule has 2 aromatic carbocycles. The second-order valence-electron chi connectivity index (χ2n) is 10.00. The van der Waals surface area contributed by atoms with Crippen LogP contribution in [0.4, 0.5) is 16.0 Å². The normalized spacial score (nSPS) is 17.9. The van der Waals surface area contributed by atoms with E-state index in [-0.39, 0.29) is 17.9 Å². The number of nitrogens with one attached hydrogen (secondary N) is 3. The maximum absolute atomic E-state index is 13.8. The number of aliphatic hydroxyl groups is 1. The number of imidazole rings is 1. The van der Waals surface area contributed by atoms with Gasteiger partial charge in [-0.05, 0) is 86.7 Å². The first-order valence-electron chi connectivity index (χ1n) is 13.3. The van der Waals surface area contributed by atoms with Crippen LogP contribution in [0.15, 0.2) is 67.3 Å². The second kappa shape index (κ2) is 12.1. The number of alkyl halides is 1. The Kier molecular flexibility index (Phi) is 8.39. The monoisotopic (exact) mass is 561 g/mol. The number of hydrogen-bond acceptors (Lipinski definition) is 6. The van der Waals surface area contributed by atoms with Crippen LogP contribution in [0.5, 0.6) is 0 Å². The van der Waals surface area contributed by atoms with E-state index >= 15 is 0 Å². The molecule has 0 aliphatic heterocycles. The van der Waals surface area contributed by atoms with Gasteiger partial charge in [0.25, 0.3) is 5.91 Å². The summed E-state index contributed by atoms with van der Waals surface area (Å²) in [6.07, 6.45) is 3.35. The lowest BCUT2D eigenvalue weighted by Crippen LogP contribution is -2.34. The Morgan fingerprint density at radius 2 is 1.95 bits per heavy atom. The van der Waals surface area contributed by atoms with E-state index in [0.29, 0.717) is 45.2 Å². The first-order chi connectivity index (χ1) is 19.3. The summed E-state index contributed by atoms with van der Waals surface area (Å²) >= 11 is 1.11. The number of amides is 2. The highest BCUT2D eigenvalue weighted by Gasteiger charge is 2.21. The summed E-state index contributed by atoms with van der Waals surface area (Å²) in [5, 5.41) is 19.0. The molecule has 10 heteroatoms. The number of halogens is 1. The van der Waals surface area contributed by atoms with E-state index in [0.717, 1.165) is 48.1 Å². The molecule has 1 unspecified atom stereocenters. The number of carbonyl (C=O) groups excluding carboxylic acids is 2. The molecular weight excluding hydrogens is 529 g/mol. The minimum absolute atomic E-state index is 0.197. The standard InChI is InChI=1S/C30H32FN5O3S/c1-3-28(38)33-21-5-4-6-22(16-21)36-25-12-7-19(17-32-20-8-10-23(37)11-9-20)15-24(25)34-30(36)35-29(39)27-14-13-26(40-27)18(2)31/h3-7,12-16,18,20,23,32,37H,1,8-11,17H2,2H3,(H,33,38)(H,34,35,39). The number of rotatable bonds is 9. The molecule has 1 aliphatic rings. The van der Waals surface area contributed by atoms with Crippen LogP contribution in [-0.2, 0) is 11.3 Å². The first kappa shape index (κ1) is 27.7.